The molecule has 0 aliphatic heterocycles. The second-order valence-corrected chi connectivity index (χ2v) is 5.90. The molecule has 1 saturated carbocycles. The van der Waals surface area contributed by atoms with Crippen molar-refractivity contribution in [2.24, 2.45) is 0 Å². The average molecular weight is 266 g/mol. The maximum atomic E-state index is 4.54. The third-order valence-corrected chi connectivity index (χ3v) is 4.25. The van der Waals surface area contributed by atoms with E-state index in [-0.39, 0.29) is 0 Å². The van der Waals surface area contributed by atoms with Gasteiger partial charge < -0.3 is 0 Å². The monoisotopic (exact) mass is 266 g/mol. The minimum atomic E-state index is 0.770. The zero-order valence-corrected chi connectivity index (χ0v) is 12.4. The van der Waals surface area contributed by atoms with Gasteiger partial charge >= 0.3 is 0 Å². The zero-order valence-electron chi connectivity index (χ0n) is 12.4. The molecule has 0 N–H and O–H groups in total. The maximum Gasteiger partial charge on any atom is 0.126 e. The van der Waals surface area contributed by atoms with Gasteiger partial charge in [0.05, 0.1) is 5.69 Å². The van der Waals surface area contributed by atoms with Crippen molar-refractivity contribution in [1.82, 2.24) is 9.97 Å². The molecule has 2 heteroatoms. The quantitative estimate of drug-likeness (QED) is 0.779. The molecule has 2 aromatic rings. The second kappa shape index (κ2) is 5.74. The Bertz CT molecular complexity index is 561. The van der Waals surface area contributed by atoms with Crippen LogP contribution in [0.4, 0.5) is 0 Å². The molecular formula is C18H22N2. The fraction of sp³-hybridized carbons (Fsp3) is 0.444. The average Bonchev–Trinajstić information content (AvgIpc) is 2.47. The number of hydrogen-bond donors (Lipinski definition) is 0. The SMILES string of the molecule is Cc1cc(-c2ccc(C3CCCCC3)cc2)nc(C)n1. The highest BCUT2D eigenvalue weighted by atomic mass is 14.9. The first-order valence-electron chi connectivity index (χ1n) is 7.65. The van der Waals surface area contributed by atoms with Gasteiger partial charge in [-0.05, 0) is 44.2 Å². The summed E-state index contributed by atoms with van der Waals surface area (Å²) >= 11 is 0. The molecule has 1 heterocycles. The fourth-order valence-corrected chi connectivity index (χ4v) is 3.23. The molecule has 3 rings (SSSR count). The molecule has 0 atom stereocenters. The van der Waals surface area contributed by atoms with Crippen LogP contribution in [-0.2, 0) is 0 Å². The van der Waals surface area contributed by atoms with Gasteiger partial charge in [0.1, 0.15) is 5.82 Å². The number of rotatable bonds is 2. The summed E-state index contributed by atoms with van der Waals surface area (Å²) in [5, 5.41) is 0. The van der Waals surface area contributed by atoms with E-state index in [1.54, 1.807) is 0 Å². The van der Waals surface area contributed by atoms with Crippen molar-refractivity contribution in [2.45, 2.75) is 51.9 Å². The van der Waals surface area contributed by atoms with Crippen LogP contribution in [0.3, 0.4) is 0 Å². The first-order chi connectivity index (χ1) is 9.72. The molecule has 20 heavy (non-hydrogen) atoms. The largest absolute Gasteiger partial charge is 0.239 e. The normalized spacial score (nSPS) is 16.3. The Kier molecular flexibility index (Phi) is 3.81. The summed E-state index contributed by atoms with van der Waals surface area (Å²) in [5.41, 5.74) is 4.75. The molecule has 1 aromatic carbocycles. The third kappa shape index (κ3) is 2.90. The molecule has 0 unspecified atom stereocenters. The standard InChI is InChI=1S/C18H22N2/c1-13-12-18(20-14(2)19-13)17-10-8-16(9-11-17)15-6-4-3-5-7-15/h8-12,15H,3-7H2,1-2H3. The number of hydrogen-bond acceptors (Lipinski definition) is 2. The number of aromatic nitrogens is 2. The minimum absolute atomic E-state index is 0.770. The van der Waals surface area contributed by atoms with Crippen LogP contribution in [0.15, 0.2) is 30.3 Å². The molecule has 0 bridgehead atoms. The molecule has 0 saturated heterocycles. The van der Waals surface area contributed by atoms with E-state index in [1.165, 1.54) is 43.2 Å². The Morgan fingerprint density at radius 2 is 1.60 bits per heavy atom. The second-order valence-electron chi connectivity index (χ2n) is 5.90. The van der Waals surface area contributed by atoms with E-state index >= 15 is 0 Å². The molecule has 1 aliphatic carbocycles. The van der Waals surface area contributed by atoms with Crippen LogP contribution in [0.5, 0.6) is 0 Å². The van der Waals surface area contributed by atoms with Crippen molar-refractivity contribution < 1.29 is 0 Å². The number of benzene rings is 1. The summed E-state index contributed by atoms with van der Waals surface area (Å²) < 4.78 is 0. The van der Waals surface area contributed by atoms with Crippen LogP contribution in [0.25, 0.3) is 11.3 Å². The molecule has 1 fully saturated rings. The number of nitrogens with zero attached hydrogens (tertiary/aromatic N) is 2. The van der Waals surface area contributed by atoms with Gasteiger partial charge in [-0.1, -0.05) is 43.5 Å². The van der Waals surface area contributed by atoms with Gasteiger partial charge in [0.2, 0.25) is 0 Å². The van der Waals surface area contributed by atoms with Crippen LogP contribution in [0.2, 0.25) is 0 Å². The van der Waals surface area contributed by atoms with Gasteiger partial charge in [-0.25, -0.2) is 9.97 Å². The Labute approximate surface area is 121 Å². The van der Waals surface area contributed by atoms with Gasteiger partial charge in [-0.2, -0.15) is 0 Å². The van der Waals surface area contributed by atoms with Crippen molar-refractivity contribution in [3.8, 4) is 11.3 Å². The lowest BCUT2D eigenvalue weighted by Crippen LogP contribution is -2.04. The highest BCUT2D eigenvalue weighted by Gasteiger charge is 2.15. The summed E-state index contributed by atoms with van der Waals surface area (Å²) in [6, 6.07) is 11.1. The van der Waals surface area contributed by atoms with Gasteiger partial charge in [-0.15, -0.1) is 0 Å². The molecule has 0 radical (unpaired) electrons. The molecule has 104 valence electrons. The third-order valence-electron chi connectivity index (χ3n) is 4.25. The van der Waals surface area contributed by atoms with Gasteiger partial charge in [0, 0.05) is 11.3 Å². The van der Waals surface area contributed by atoms with Crippen LogP contribution in [0.1, 0.15) is 55.1 Å². The molecule has 0 spiro atoms. The summed E-state index contributed by atoms with van der Waals surface area (Å²) in [6.45, 7) is 3.97. The van der Waals surface area contributed by atoms with E-state index < -0.39 is 0 Å². The smallest absolute Gasteiger partial charge is 0.126 e. The van der Waals surface area contributed by atoms with Crippen molar-refractivity contribution in [3.05, 3.63) is 47.4 Å². The van der Waals surface area contributed by atoms with E-state index in [2.05, 4.69) is 40.3 Å². The highest BCUT2D eigenvalue weighted by Crippen LogP contribution is 2.33. The Morgan fingerprint density at radius 3 is 2.25 bits per heavy atom. The topological polar surface area (TPSA) is 25.8 Å². The lowest BCUT2D eigenvalue weighted by atomic mass is 9.84. The van der Waals surface area contributed by atoms with Crippen molar-refractivity contribution in [1.29, 1.82) is 0 Å². The van der Waals surface area contributed by atoms with Crippen molar-refractivity contribution in [3.63, 3.8) is 0 Å². The lowest BCUT2D eigenvalue weighted by Gasteiger charge is -2.22. The fourth-order valence-electron chi connectivity index (χ4n) is 3.23. The summed E-state index contributed by atoms with van der Waals surface area (Å²) in [4.78, 5) is 8.87. The first-order valence-corrected chi connectivity index (χ1v) is 7.65. The highest BCUT2D eigenvalue weighted by molar-refractivity contribution is 5.59. The molecule has 1 aliphatic rings. The predicted octanol–water partition coefficient (Wildman–Crippen LogP) is 4.81. The predicted molar refractivity (Wildman–Crippen MR) is 82.8 cm³/mol. The molecule has 2 nitrogen and oxygen atoms in total. The van der Waals surface area contributed by atoms with Crippen LogP contribution >= 0.6 is 0 Å². The summed E-state index contributed by atoms with van der Waals surface area (Å²) in [5.74, 6) is 1.61. The van der Waals surface area contributed by atoms with E-state index in [0.29, 0.717) is 0 Å². The summed E-state index contributed by atoms with van der Waals surface area (Å²) in [6.07, 6.45) is 6.89. The number of aryl methyl sites for hydroxylation is 2. The molecule has 0 amide bonds. The first kappa shape index (κ1) is 13.3. The van der Waals surface area contributed by atoms with Crippen LogP contribution in [0, 0.1) is 13.8 Å². The van der Waals surface area contributed by atoms with Crippen molar-refractivity contribution in [2.75, 3.05) is 0 Å². The molecular weight excluding hydrogens is 244 g/mol. The Morgan fingerprint density at radius 1 is 0.900 bits per heavy atom. The van der Waals surface area contributed by atoms with Gasteiger partial charge in [-0.3, -0.25) is 0 Å². The van der Waals surface area contributed by atoms with E-state index in [4.69, 9.17) is 0 Å². The minimum Gasteiger partial charge on any atom is -0.239 e. The van der Waals surface area contributed by atoms with Crippen molar-refractivity contribution >= 4 is 0 Å². The van der Waals surface area contributed by atoms with E-state index in [1.807, 2.05) is 13.8 Å². The summed E-state index contributed by atoms with van der Waals surface area (Å²) in [7, 11) is 0. The molecule has 1 aromatic heterocycles. The maximum absolute atomic E-state index is 4.54. The van der Waals surface area contributed by atoms with Crippen LogP contribution in [-0.4, -0.2) is 9.97 Å². The zero-order chi connectivity index (χ0) is 13.9. The van der Waals surface area contributed by atoms with Gasteiger partial charge in [0.25, 0.3) is 0 Å². The Balaban J connectivity index is 1.85. The van der Waals surface area contributed by atoms with Gasteiger partial charge in [0.15, 0.2) is 0 Å². The van der Waals surface area contributed by atoms with E-state index in [0.717, 1.165) is 23.1 Å². The van der Waals surface area contributed by atoms with E-state index in [9.17, 15) is 0 Å². The lowest BCUT2D eigenvalue weighted by molar-refractivity contribution is 0.443. The Hall–Kier alpha value is -1.70. The van der Waals surface area contributed by atoms with Crippen LogP contribution < -0.4 is 0 Å².